The van der Waals surface area contributed by atoms with Crippen molar-refractivity contribution in [1.29, 1.82) is 0 Å². The normalized spacial score (nSPS) is 16.8. The number of primary sulfonamides is 1. The number of amides is 1. The van der Waals surface area contributed by atoms with Crippen LogP contribution in [0.1, 0.15) is 53.6 Å². The molecule has 0 bridgehead atoms. The molecule has 1 amide bonds. The number of hydrogen-bond donors (Lipinski definition) is 3. The van der Waals surface area contributed by atoms with Gasteiger partial charge in [0.05, 0.1) is 28.1 Å². The molecule has 3 aromatic carbocycles. The van der Waals surface area contributed by atoms with E-state index in [9.17, 15) is 23.1 Å². The number of sulfonamides is 1. The number of fused-ring (bicyclic) bond motifs is 1. The molecular formula is C31H29ClN4O5S. The van der Waals surface area contributed by atoms with Crippen LogP contribution in [-0.2, 0) is 33.2 Å². The van der Waals surface area contributed by atoms with Crippen molar-refractivity contribution >= 4 is 27.5 Å². The summed E-state index contributed by atoms with van der Waals surface area (Å²) in [6.45, 7) is 0.434. The van der Waals surface area contributed by atoms with Crippen LogP contribution in [0.2, 0.25) is 5.02 Å². The van der Waals surface area contributed by atoms with Gasteiger partial charge in [-0.25, -0.2) is 18.5 Å². The molecule has 9 nitrogen and oxygen atoms in total. The minimum absolute atomic E-state index is 0.0379. The summed E-state index contributed by atoms with van der Waals surface area (Å²) in [5.74, 6) is 0.0935. The number of aliphatic hydroxyl groups is 1. The second-order valence-corrected chi connectivity index (χ2v) is 12.9. The maximum absolute atomic E-state index is 13.4. The standard InChI is InChI=1S/C31H29ClN4O5S/c32-23-9-2-7-21(16-23)27(37)29(39)36-14-4-11-26-25(18-36)28(38)35-30(34-26)31(12-13-31)22-8-1-5-19(15-22)20-6-3-10-24(17-20)42(33,40)41/h1-3,5-10,15-17,27,37H,4,11-14,18H2,(H2,33,40,41)(H,34,35,38)/t27-/m1/s1. The molecule has 1 saturated carbocycles. The molecular weight excluding hydrogens is 576 g/mol. The zero-order chi connectivity index (χ0) is 29.6. The van der Waals surface area contributed by atoms with Gasteiger partial charge in [0.15, 0.2) is 6.10 Å². The van der Waals surface area contributed by atoms with Gasteiger partial charge in [-0.3, -0.25) is 9.59 Å². The lowest BCUT2D eigenvalue weighted by atomic mass is 9.91. The van der Waals surface area contributed by atoms with E-state index in [0.29, 0.717) is 52.6 Å². The Hall–Kier alpha value is -3.83. The number of rotatable bonds is 6. The summed E-state index contributed by atoms with van der Waals surface area (Å²) < 4.78 is 23.8. The molecule has 2 heterocycles. The molecule has 11 heteroatoms. The minimum atomic E-state index is -3.84. The summed E-state index contributed by atoms with van der Waals surface area (Å²) in [5, 5.41) is 16.5. The topological polar surface area (TPSA) is 146 Å². The van der Waals surface area contributed by atoms with Crippen LogP contribution >= 0.6 is 11.6 Å². The number of benzene rings is 3. The zero-order valence-corrected chi connectivity index (χ0v) is 24.2. The molecule has 0 unspecified atom stereocenters. The molecule has 1 aliphatic carbocycles. The molecule has 1 aromatic heterocycles. The number of H-pyrrole nitrogens is 1. The van der Waals surface area contributed by atoms with Crippen LogP contribution in [-0.4, -0.2) is 40.8 Å². The maximum atomic E-state index is 13.4. The number of carbonyl (C=O) groups is 1. The maximum Gasteiger partial charge on any atom is 0.256 e. The molecule has 0 saturated heterocycles. The first-order chi connectivity index (χ1) is 20.0. The third kappa shape index (κ3) is 5.38. The fraction of sp³-hybridized carbons (Fsp3) is 0.258. The molecule has 0 spiro atoms. The van der Waals surface area contributed by atoms with Crippen LogP contribution in [0.5, 0.6) is 0 Å². The Morgan fingerprint density at radius 2 is 1.76 bits per heavy atom. The Kier molecular flexibility index (Phi) is 7.26. The highest BCUT2D eigenvalue weighted by Gasteiger charge is 2.49. The van der Waals surface area contributed by atoms with E-state index in [1.165, 1.54) is 11.0 Å². The number of halogens is 1. The van der Waals surface area contributed by atoms with E-state index in [1.807, 2.05) is 30.3 Å². The molecule has 1 aliphatic heterocycles. The number of aryl methyl sites for hydroxylation is 1. The van der Waals surface area contributed by atoms with Crippen molar-refractivity contribution in [2.75, 3.05) is 6.54 Å². The fourth-order valence-corrected chi connectivity index (χ4v) is 6.42. The van der Waals surface area contributed by atoms with E-state index in [-0.39, 0.29) is 17.0 Å². The molecule has 6 rings (SSSR count). The molecule has 2 aliphatic rings. The molecule has 0 radical (unpaired) electrons. The van der Waals surface area contributed by atoms with Crippen LogP contribution in [0.3, 0.4) is 0 Å². The number of carbonyl (C=O) groups excluding carboxylic acids is 1. The monoisotopic (exact) mass is 604 g/mol. The number of nitrogens with one attached hydrogen (secondary N) is 1. The summed E-state index contributed by atoms with van der Waals surface area (Å²) >= 11 is 6.04. The summed E-state index contributed by atoms with van der Waals surface area (Å²) in [4.78, 5) is 36.1. The van der Waals surface area contributed by atoms with Crippen molar-refractivity contribution < 1.29 is 18.3 Å². The van der Waals surface area contributed by atoms with E-state index < -0.39 is 27.4 Å². The van der Waals surface area contributed by atoms with Gasteiger partial charge in [0.1, 0.15) is 5.82 Å². The molecule has 4 aromatic rings. The Morgan fingerprint density at radius 1 is 1.05 bits per heavy atom. The van der Waals surface area contributed by atoms with E-state index in [1.54, 1.807) is 36.4 Å². The summed E-state index contributed by atoms with van der Waals surface area (Å²) in [6, 6.07) is 20.8. The molecule has 216 valence electrons. The van der Waals surface area contributed by atoms with Gasteiger partial charge in [0.2, 0.25) is 10.0 Å². The van der Waals surface area contributed by atoms with Gasteiger partial charge in [-0.15, -0.1) is 0 Å². The van der Waals surface area contributed by atoms with Gasteiger partial charge in [0.25, 0.3) is 11.5 Å². The third-order valence-corrected chi connectivity index (χ3v) is 9.26. The van der Waals surface area contributed by atoms with E-state index in [2.05, 4.69) is 4.98 Å². The van der Waals surface area contributed by atoms with Crippen LogP contribution in [0.4, 0.5) is 0 Å². The number of aliphatic hydroxyl groups excluding tert-OH is 1. The number of nitrogens with two attached hydrogens (primary N) is 1. The van der Waals surface area contributed by atoms with Crippen LogP contribution in [0, 0.1) is 0 Å². The Balaban J connectivity index is 1.29. The smallest absolute Gasteiger partial charge is 0.256 e. The number of aromatic amines is 1. The first kappa shape index (κ1) is 28.3. The van der Waals surface area contributed by atoms with Crippen LogP contribution in [0.25, 0.3) is 11.1 Å². The van der Waals surface area contributed by atoms with Gasteiger partial charge in [0, 0.05) is 11.6 Å². The quantitative estimate of drug-likeness (QED) is 0.305. The minimum Gasteiger partial charge on any atom is -0.378 e. The van der Waals surface area contributed by atoms with Crippen molar-refractivity contribution in [2.24, 2.45) is 5.14 Å². The lowest BCUT2D eigenvalue weighted by Gasteiger charge is -2.24. The average molecular weight is 605 g/mol. The SMILES string of the molecule is NS(=O)(=O)c1cccc(-c2cccc(C3(c4nc5c(c(=O)[nH]4)CN(C(=O)[C@H](O)c4cccc(Cl)c4)CCC5)CC3)c2)c1. The lowest BCUT2D eigenvalue weighted by Crippen LogP contribution is -2.36. The van der Waals surface area contributed by atoms with Gasteiger partial charge < -0.3 is 15.0 Å². The number of aromatic nitrogens is 2. The van der Waals surface area contributed by atoms with Crippen molar-refractivity contribution in [3.05, 3.63) is 116 Å². The Labute approximate surface area is 248 Å². The fourth-order valence-electron chi connectivity index (χ4n) is 5.66. The number of nitrogens with zero attached hydrogens (tertiary/aromatic N) is 2. The average Bonchev–Trinajstić information content (AvgIpc) is 3.81. The molecule has 1 atom stereocenters. The predicted octanol–water partition coefficient (Wildman–Crippen LogP) is 3.83. The lowest BCUT2D eigenvalue weighted by molar-refractivity contribution is -0.141. The summed E-state index contributed by atoms with van der Waals surface area (Å²) in [7, 11) is -3.84. The van der Waals surface area contributed by atoms with Gasteiger partial charge in [-0.05, 0) is 72.2 Å². The second kappa shape index (κ2) is 10.8. The summed E-state index contributed by atoms with van der Waals surface area (Å²) in [6.07, 6.45) is 1.33. The molecule has 1 fully saturated rings. The van der Waals surface area contributed by atoms with E-state index >= 15 is 0 Å². The summed E-state index contributed by atoms with van der Waals surface area (Å²) in [5.41, 5.74) is 3.23. The molecule has 42 heavy (non-hydrogen) atoms. The Bertz CT molecular complexity index is 1870. The van der Waals surface area contributed by atoms with Gasteiger partial charge in [-0.2, -0.15) is 0 Å². The van der Waals surface area contributed by atoms with Crippen molar-refractivity contribution in [1.82, 2.24) is 14.9 Å². The number of hydrogen-bond acceptors (Lipinski definition) is 6. The predicted molar refractivity (Wildman–Crippen MR) is 158 cm³/mol. The third-order valence-electron chi connectivity index (χ3n) is 8.12. The highest BCUT2D eigenvalue weighted by molar-refractivity contribution is 7.89. The van der Waals surface area contributed by atoms with Crippen LogP contribution < -0.4 is 10.7 Å². The largest absolute Gasteiger partial charge is 0.378 e. The van der Waals surface area contributed by atoms with E-state index in [4.69, 9.17) is 21.7 Å². The van der Waals surface area contributed by atoms with Crippen molar-refractivity contribution in [3.8, 4) is 11.1 Å². The highest BCUT2D eigenvalue weighted by Crippen LogP contribution is 2.52. The molecule has 4 N–H and O–H groups in total. The van der Waals surface area contributed by atoms with Gasteiger partial charge >= 0.3 is 0 Å². The second-order valence-electron chi connectivity index (χ2n) is 10.9. The van der Waals surface area contributed by atoms with Crippen LogP contribution in [0.15, 0.2) is 82.5 Å². The highest BCUT2D eigenvalue weighted by atomic mass is 35.5. The van der Waals surface area contributed by atoms with Crippen molar-refractivity contribution in [2.45, 2.75) is 48.6 Å². The van der Waals surface area contributed by atoms with Crippen molar-refractivity contribution in [3.63, 3.8) is 0 Å². The first-order valence-electron chi connectivity index (χ1n) is 13.6. The Morgan fingerprint density at radius 3 is 2.48 bits per heavy atom. The zero-order valence-electron chi connectivity index (χ0n) is 22.6. The first-order valence-corrected chi connectivity index (χ1v) is 15.6. The van der Waals surface area contributed by atoms with E-state index in [0.717, 1.165) is 24.0 Å². The van der Waals surface area contributed by atoms with Gasteiger partial charge in [-0.1, -0.05) is 60.1 Å².